The van der Waals surface area contributed by atoms with Gasteiger partial charge in [-0.3, -0.25) is 18.4 Å². The molecule has 0 saturated carbocycles. The standard InChI is InChI=1S/C29H37F6N2O7P/c1-4-5-15-36-27(40)44-24(19(2)3)25(38)37-23(16-20-11-13-22(14-12-20)21-9-7-6-8-10-21)26(39)45(41,42-17-28(30,31)32)43-18-29(33,34)35/h6-14,19,23-24,26,39H,4-5,15-18H2,1-3H3,(H,36,40)(H,37,38)/t23-,24-,26?/m0/s1. The Kier molecular flexibility index (Phi) is 14.4. The minimum atomic E-state index is -5.63. The largest absolute Gasteiger partial charge is 0.436 e. The van der Waals surface area contributed by atoms with Crippen molar-refractivity contribution in [2.45, 2.75) is 70.4 Å². The van der Waals surface area contributed by atoms with Crippen LogP contribution in [0.25, 0.3) is 11.1 Å². The maximum absolute atomic E-state index is 13.3. The van der Waals surface area contributed by atoms with Crippen LogP contribution in [0.1, 0.15) is 39.2 Å². The molecule has 0 aromatic heterocycles. The Bertz CT molecular complexity index is 1240. The van der Waals surface area contributed by atoms with Crippen LogP contribution in [-0.2, 0) is 29.6 Å². The van der Waals surface area contributed by atoms with Crippen LogP contribution in [0.15, 0.2) is 54.6 Å². The van der Waals surface area contributed by atoms with Crippen LogP contribution in [0.4, 0.5) is 31.1 Å². The summed E-state index contributed by atoms with van der Waals surface area (Å²) in [6, 6.07) is 13.7. The maximum atomic E-state index is 13.3. The normalized spacial score (nSPS) is 14.5. The lowest BCUT2D eigenvalue weighted by molar-refractivity contribution is -0.167. The molecule has 0 bridgehead atoms. The molecule has 2 amide bonds. The lowest BCUT2D eigenvalue weighted by Crippen LogP contribution is -2.51. The van der Waals surface area contributed by atoms with Crippen molar-refractivity contribution in [2.75, 3.05) is 19.8 Å². The van der Waals surface area contributed by atoms with E-state index in [4.69, 9.17) is 4.74 Å². The van der Waals surface area contributed by atoms with Gasteiger partial charge >= 0.3 is 26.0 Å². The predicted molar refractivity (Wildman–Crippen MR) is 153 cm³/mol. The number of benzene rings is 2. The molecule has 0 heterocycles. The highest BCUT2D eigenvalue weighted by atomic mass is 31.2. The number of hydrogen-bond acceptors (Lipinski definition) is 7. The van der Waals surface area contributed by atoms with E-state index in [1.54, 1.807) is 24.3 Å². The van der Waals surface area contributed by atoms with Crippen molar-refractivity contribution in [1.29, 1.82) is 0 Å². The molecule has 2 rings (SSSR count). The molecule has 0 spiro atoms. The number of amides is 2. The fourth-order valence-corrected chi connectivity index (χ4v) is 5.62. The highest BCUT2D eigenvalue weighted by Gasteiger charge is 2.47. The zero-order valence-electron chi connectivity index (χ0n) is 24.9. The van der Waals surface area contributed by atoms with Gasteiger partial charge < -0.3 is 20.5 Å². The average Bonchev–Trinajstić information content (AvgIpc) is 2.97. The Balaban J connectivity index is 2.43. The van der Waals surface area contributed by atoms with Gasteiger partial charge in [-0.25, -0.2) is 4.79 Å². The summed E-state index contributed by atoms with van der Waals surface area (Å²) in [5, 5.41) is 15.8. The summed E-state index contributed by atoms with van der Waals surface area (Å²) in [5.74, 6) is -4.43. The summed E-state index contributed by atoms with van der Waals surface area (Å²) in [7, 11) is -5.63. The number of carbonyl (C=O) groups excluding carboxylic acids is 2. The number of rotatable bonds is 16. The molecule has 16 heteroatoms. The molecule has 2 aromatic rings. The van der Waals surface area contributed by atoms with E-state index < -0.39 is 75.5 Å². The molecule has 0 aliphatic carbocycles. The molecule has 0 saturated heterocycles. The molecule has 0 fully saturated rings. The zero-order chi connectivity index (χ0) is 33.8. The van der Waals surface area contributed by atoms with E-state index in [1.807, 2.05) is 37.3 Å². The van der Waals surface area contributed by atoms with Crippen LogP contribution in [0, 0.1) is 5.92 Å². The van der Waals surface area contributed by atoms with Gasteiger partial charge in [0.2, 0.25) is 0 Å². The summed E-state index contributed by atoms with van der Waals surface area (Å²) in [6.07, 6.45) is -11.8. The number of hydrogen-bond donors (Lipinski definition) is 3. The Morgan fingerprint density at radius 1 is 0.889 bits per heavy atom. The minimum absolute atomic E-state index is 0.248. The average molecular weight is 671 g/mol. The number of unbranched alkanes of at least 4 members (excludes halogenated alkanes) is 1. The van der Waals surface area contributed by atoms with E-state index >= 15 is 0 Å². The van der Waals surface area contributed by atoms with Crippen LogP contribution >= 0.6 is 7.60 Å². The predicted octanol–water partition coefficient (Wildman–Crippen LogP) is 6.60. The van der Waals surface area contributed by atoms with Crippen molar-refractivity contribution >= 4 is 19.6 Å². The Labute approximate surface area is 257 Å². The molecule has 3 atom stereocenters. The monoisotopic (exact) mass is 670 g/mol. The lowest BCUT2D eigenvalue weighted by atomic mass is 10.00. The van der Waals surface area contributed by atoms with Crippen molar-refractivity contribution in [3.63, 3.8) is 0 Å². The smallest absolute Gasteiger partial charge is 0.412 e. The van der Waals surface area contributed by atoms with Gasteiger partial charge in [0, 0.05) is 6.54 Å². The number of carbonyl (C=O) groups is 2. The van der Waals surface area contributed by atoms with E-state index in [-0.39, 0.29) is 6.54 Å². The minimum Gasteiger partial charge on any atom is -0.436 e. The molecule has 0 aliphatic rings. The van der Waals surface area contributed by atoms with Gasteiger partial charge in [0.25, 0.3) is 5.91 Å². The summed E-state index contributed by atoms with van der Waals surface area (Å²) in [4.78, 5) is 25.6. The van der Waals surface area contributed by atoms with Crippen molar-refractivity contribution in [3.8, 4) is 11.1 Å². The lowest BCUT2D eigenvalue weighted by Gasteiger charge is -2.32. The quantitative estimate of drug-likeness (QED) is 0.105. The first-order valence-electron chi connectivity index (χ1n) is 14.0. The summed E-state index contributed by atoms with van der Waals surface area (Å²) in [6.45, 7) is 0.552. The number of halogens is 6. The molecule has 252 valence electrons. The van der Waals surface area contributed by atoms with E-state index in [9.17, 15) is 45.6 Å². The first-order valence-corrected chi connectivity index (χ1v) is 15.6. The molecule has 1 unspecified atom stereocenters. The number of ether oxygens (including phenoxy) is 1. The Hall–Kier alpha value is -3.13. The van der Waals surface area contributed by atoms with Gasteiger partial charge in [0.1, 0.15) is 0 Å². The van der Waals surface area contributed by atoms with E-state index in [2.05, 4.69) is 19.7 Å². The van der Waals surface area contributed by atoms with E-state index in [0.717, 1.165) is 17.5 Å². The molecular weight excluding hydrogens is 633 g/mol. The molecule has 2 aromatic carbocycles. The summed E-state index contributed by atoms with van der Waals surface area (Å²) >= 11 is 0. The second kappa shape index (κ2) is 17.0. The number of aliphatic hydroxyl groups is 1. The molecule has 0 aliphatic heterocycles. The fourth-order valence-electron chi connectivity index (χ4n) is 3.97. The van der Waals surface area contributed by atoms with Crippen LogP contribution in [0.2, 0.25) is 0 Å². The number of nitrogens with one attached hydrogen (secondary N) is 2. The third kappa shape index (κ3) is 13.4. The van der Waals surface area contributed by atoms with Crippen LogP contribution in [0.5, 0.6) is 0 Å². The van der Waals surface area contributed by atoms with Crippen molar-refractivity contribution in [1.82, 2.24) is 10.6 Å². The third-order valence-corrected chi connectivity index (χ3v) is 8.23. The number of aliphatic hydroxyl groups excluding tert-OH is 1. The molecular formula is C29H37F6N2O7P. The second-order valence-corrected chi connectivity index (χ2v) is 12.6. The van der Waals surface area contributed by atoms with Gasteiger partial charge in [-0.2, -0.15) is 26.3 Å². The first-order chi connectivity index (χ1) is 20.9. The van der Waals surface area contributed by atoms with Crippen LogP contribution in [-0.4, -0.2) is 67.2 Å². The van der Waals surface area contributed by atoms with Crippen molar-refractivity contribution < 1.29 is 59.4 Å². The molecule has 0 radical (unpaired) electrons. The number of alkyl halides is 6. The SMILES string of the molecule is CCCCNC(=O)O[C@H](C(=O)N[C@@H](Cc1ccc(-c2ccccc2)cc1)C(O)P(=O)(OCC(F)(F)F)OCC(F)(F)F)C(C)C. The second-order valence-electron chi connectivity index (χ2n) is 10.5. The fraction of sp³-hybridized carbons (Fsp3) is 0.517. The Morgan fingerprint density at radius 3 is 1.91 bits per heavy atom. The summed E-state index contributed by atoms with van der Waals surface area (Å²) in [5.41, 5.74) is 1.95. The van der Waals surface area contributed by atoms with Gasteiger partial charge in [0.05, 0.1) is 6.04 Å². The summed E-state index contributed by atoms with van der Waals surface area (Å²) < 4.78 is 105. The van der Waals surface area contributed by atoms with Crippen molar-refractivity contribution in [3.05, 3.63) is 60.2 Å². The zero-order valence-corrected chi connectivity index (χ0v) is 25.8. The van der Waals surface area contributed by atoms with Crippen LogP contribution < -0.4 is 10.6 Å². The molecule has 45 heavy (non-hydrogen) atoms. The third-order valence-electron chi connectivity index (χ3n) is 6.24. The van der Waals surface area contributed by atoms with E-state index in [0.29, 0.717) is 12.0 Å². The molecule has 3 N–H and O–H groups in total. The van der Waals surface area contributed by atoms with Crippen molar-refractivity contribution in [2.24, 2.45) is 5.92 Å². The highest BCUT2D eigenvalue weighted by Crippen LogP contribution is 2.55. The topological polar surface area (TPSA) is 123 Å². The van der Waals surface area contributed by atoms with Gasteiger partial charge in [-0.1, -0.05) is 81.8 Å². The van der Waals surface area contributed by atoms with Gasteiger partial charge in [-0.05, 0) is 35.4 Å². The highest BCUT2D eigenvalue weighted by molar-refractivity contribution is 7.54. The van der Waals surface area contributed by atoms with Gasteiger partial charge in [-0.15, -0.1) is 0 Å². The maximum Gasteiger partial charge on any atom is 0.412 e. The van der Waals surface area contributed by atoms with Crippen LogP contribution in [0.3, 0.4) is 0 Å². The first kappa shape index (κ1) is 38.1. The Morgan fingerprint density at radius 2 is 1.42 bits per heavy atom. The van der Waals surface area contributed by atoms with E-state index in [1.165, 1.54) is 13.8 Å². The van der Waals surface area contributed by atoms with Gasteiger partial charge in [0.15, 0.2) is 25.2 Å². The number of alkyl carbamates (subject to hydrolysis) is 1. The molecule has 9 nitrogen and oxygen atoms in total.